The van der Waals surface area contributed by atoms with Crippen LogP contribution in [0.15, 0.2) is 24.4 Å². The molecule has 4 nitrogen and oxygen atoms in total. The van der Waals surface area contributed by atoms with Crippen molar-refractivity contribution < 1.29 is 14.3 Å². The molecule has 0 bridgehead atoms. The van der Waals surface area contributed by atoms with E-state index in [1.54, 1.807) is 25.1 Å². The number of hydrogen-bond donors (Lipinski definition) is 0. The van der Waals surface area contributed by atoms with Gasteiger partial charge in [-0.15, -0.1) is 0 Å². The lowest BCUT2D eigenvalue weighted by molar-refractivity contribution is 0.120. The maximum Gasteiger partial charge on any atom is 0.414 e. The van der Waals surface area contributed by atoms with Gasteiger partial charge in [0.15, 0.2) is 0 Å². The third-order valence-electron chi connectivity index (χ3n) is 2.63. The van der Waals surface area contributed by atoms with Crippen LogP contribution in [0.1, 0.15) is 18.1 Å². The van der Waals surface area contributed by atoms with Gasteiger partial charge in [0.1, 0.15) is 5.75 Å². The van der Waals surface area contributed by atoms with Crippen LogP contribution in [-0.4, -0.2) is 24.7 Å². The number of methoxy groups -OCH3 is 1. The fourth-order valence-corrected chi connectivity index (χ4v) is 1.75. The fraction of sp³-hybridized carbons (Fsp3) is 0.308. The van der Waals surface area contributed by atoms with Crippen LogP contribution >= 0.6 is 0 Å². The van der Waals surface area contributed by atoms with E-state index in [9.17, 15) is 4.79 Å². The summed E-state index contributed by atoms with van der Waals surface area (Å²) in [5, 5.41) is 0. The molecule has 0 aliphatic carbocycles. The van der Waals surface area contributed by atoms with E-state index in [1.165, 1.54) is 0 Å². The molecule has 0 spiro atoms. The number of fused-ring (bicyclic) bond motifs is 1. The molecule has 1 aromatic rings. The number of amides is 1. The van der Waals surface area contributed by atoms with Crippen molar-refractivity contribution in [2.45, 2.75) is 13.5 Å². The van der Waals surface area contributed by atoms with E-state index < -0.39 is 0 Å². The molecule has 4 heteroatoms. The van der Waals surface area contributed by atoms with Crippen LogP contribution in [0.3, 0.4) is 0 Å². The summed E-state index contributed by atoms with van der Waals surface area (Å²) in [6, 6.07) is 5.82. The van der Waals surface area contributed by atoms with Gasteiger partial charge in [-0.1, -0.05) is 6.07 Å². The van der Waals surface area contributed by atoms with Crippen molar-refractivity contribution in [1.82, 2.24) is 4.90 Å². The van der Waals surface area contributed by atoms with Gasteiger partial charge in [-0.05, 0) is 36.3 Å². The van der Waals surface area contributed by atoms with E-state index in [0.717, 1.165) is 16.9 Å². The fourth-order valence-electron chi connectivity index (χ4n) is 1.75. The van der Waals surface area contributed by atoms with Crippen molar-refractivity contribution in [2.24, 2.45) is 0 Å². The number of carbonyl (C=O) groups excluding carboxylic acids is 1. The van der Waals surface area contributed by atoms with Crippen LogP contribution in [0.2, 0.25) is 0 Å². The Bertz CT molecular complexity index is 454. The number of nitrogens with zero attached hydrogens (tertiary/aromatic N) is 1. The molecule has 2 rings (SSSR count). The zero-order chi connectivity index (χ0) is 12.3. The highest BCUT2D eigenvalue weighted by atomic mass is 16.6. The number of ether oxygens (including phenoxy) is 2. The normalized spacial score (nSPS) is 13.2. The van der Waals surface area contributed by atoms with Crippen molar-refractivity contribution >= 4 is 12.2 Å². The monoisotopic (exact) mass is 233 g/mol. The highest BCUT2D eigenvalue weighted by Crippen LogP contribution is 2.24. The van der Waals surface area contributed by atoms with Gasteiger partial charge in [0.05, 0.1) is 20.3 Å². The molecule has 0 radical (unpaired) electrons. The van der Waals surface area contributed by atoms with E-state index in [0.29, 0.717) is 13.2 Å². The van der Waals surface area contributed by atoms with Gasteiger partial charge < -0.3 is 9.47 Å². The lowest BCUT2D eigenvalue weighted by Crippen LogP contribution is -2.28. The van der Waals surface area contributed by atoms with Crippen LogP contribution in [0.5, 0.6) is 5.75 Å². The lowest BCUT2D eigenvalue weighted by atomic mass is 10.0. The maximum absolute atomic E-state index is 11.6. The summed E-state index contributed by atoms with van der Waals surface area (Å²) >= 11 is 0. The number of hydrogen-bond acceptors (Lipinski definition) is 3. The summed E-state index contributed by atoms with van der Waals surface area (Å²) < 4.78 is 10.1. The molecule has 0 fully saturated rings. The summed E-state index contributed by atoms with van der Waals surface area (Å²) in [6.07, 6.45) is 3.32. The molecule has 1 aliphatic heterocycles. The van der Waals surface area contributed by atoms with Crippen molar-refractivity contribution in [3.8, 4) is 5.75 Å². The highest BCUT2D eigenvalue weighted by molar-refractivity contribution is 5.72. The van der Waals surface area contributed by atoms with Crippen LogP contribution in [-0.2, 0) is 11.3 Å². The Labute approximate surface area is 100 Å². The van der Waals surface area contributed by atoms with E-state index in [-0.39, 0.29) is 6.09 Å². The molecule has 0 saturated carbocycles. The van der Waals surface area contributed by atoms with E-state index in [2.05, 4.69) is 0 Å². The topological polar surface area (TPSA) is 38.8 Å². The first-order valence-electron chi connectivity index (χ1n) is 5.53. The second kappa shape index (κ2) is 4.91. The molecule has 0 aromatic heterocycles. The summed E-state index contributed by atoms with van der Waals surface area (Å²) in [6.45, 7) is 2.69. The smallest absolute Gasteiger partial charge is 0.414 e. The van der Waals surface area contributed by atoms with Gasteiger partial charge in [-0.3, -0.25) is 4.90 Å². The molecule has 1 heterocycles. The molecule has 1 aromatic carbocycles. The predicted octanol–water partition coefficient (Wildman–Crippen LogP) is 2.64. The maximum atomic E-state index is 11.6. The van der Waals surface area contributed by atoms with Crippen molar-refractivity contribution in [3.63, 3.8) is 0 Å². The van der Waals surface area contributed by atoms with Gasteiger partial charge in [0.2, 0.25) is 0 Å². The summed E-state index contributed by atoms with van der Waals surface area (Å²) in [5.41, 5.74) is 2.16. The van der Waals surface area contributed by atoms with Gasteiger partial charge in [0, 0.05) is 6.20 Å². The molecule has 1 amide bonds. The summed E-state index contributed by atoms with van der Waals surface area (Å²) in [4.78, 5) is 13.1. The summed E-state index contributed by atoms with van der Waals surface area (Å²) in [5.74, 6) is 0.794. The Kier molecular flexibility index (Phi) is 3.32. The van der Waals surface area contributed by atoms with Crippen LogP contribution in [0, 0.1) is 0 Å². The van der Waals surface area contributed by atoms with E-state index >= 15 is 0 Å². The quantitative estimate of drug-likeness (QED) is 0.788. The molecule has 90 valence electrons. The molecule has 0 unspecified atom stereocenters. The third kappa shape index (κ3) is 2.41. The van der Waals surface area contributed by atoms with E-state index in [4.69, 9.17) is 9.47 Å². The minimum atomic E-state index is -0.322. The molecule has 0 N–H and O–H groups in total. The van der Waals surface area contributed by atoms with Crippen molar-refractivity contribution in [2.75, 3.05) is 13.7 Å². The number of carbonyl (C=O) groups is 1. The minimum absolute atomic E-state index is 0.322. The van der Waals surface area contributed by atoms with Gasteiger partial charge in [-0.25, -0.2) is 4.79 Å². The average Bonchev–Trinajstić information content (AvgIpc) is 2.37. The molecule has 0 saturated heterocycles. The average molecular weight is 233 g/mol. The number of rotatable bonds is 2. The first kappa shape index (κ1) is 11.5. The second-order valence-corrected chi connectivity index (χ2v) is 3.71. The molecular formula is C13H15NO3. The molecular weight excluding hydrogens is 218 g/mol. The first-order chi connectivity index (χ1) is 8.24. The van der Waals surface area contributed by atoms with Crippen molar-refractivity contribution in [3.05, 3.63) is 35.5 Å². The second-order valence-electron chi connectivity index (χ2n) is 3.71. The standard InChI is InChI=1S/C13H15NO3/c1-3-17-13(15)14-7-6-10-4-5-12(16-2)8-11(10)9-14/h4-8H,3,9H2,1-2H3. The zero-order valence-corrected chi connectivity index (χ0v) is 9.97. The molecule has 0 atom stereocenters. The SMILES string of the molecule is CCOC(=O)N1C=Cc2ccc(OC)cc2C1. The Balaban J connectivity index is 2.19. The molecule has 17 heavy (non-hydrogen) atoms. The van der Waals surface area contributed by atoms with Gasteiger partial charge >= 0.3 is 6.09 Å². The lowest BCUT2D eigenvalue weighted by Gasteiger charge is -2.23. The third-order valence-corrected chi connectivity index (χ3v) is 2.63. The van der Waals surface area contributed by atoms with Gasteiger partial charge in [-0.2, -0.15) is 0 Å². The Morgan fingerprint density at radius 3 is 3.00 bits per heavy atom. The van der Waals surface area contributed by atoms with E-state index in [1.807, 2.05) is 24.3 Å². The number of benzene rings is 1. The zero-order valence-electron chi connectivity index (χ0n) is 9.97. The molecule has 1 aliphatic rings. The van der Waals surface area contributed by atoms with Crippen LogP contribution in [0.25, 0.3) is 6.08 Å². The largest absolute Gasteiger partial charge is 0.497 e. The Hall–Kier alpha value is -1.97. The Morgan fingerprint density at radius 1 is 1.47 bits per heavy atom. The Morgan fingerprint density at radius 2 is 2.29 bits per heavy atom. The van der Waals surface area contributed by atoms with Gasteiger partial charge in [0.25, 0.3) is 0 Å². The minimum Gasteiger partial charge on any atom is -0.497 e. The summed E-state index contributed by atoms with van der Waals surface area (Å²) in [7, 11) is 1.63. The highest BCUT2D eigenvalue weighted by Gasteiger charge is 2.17. The van der Waals surface area contributed by atoms with Crippen LogP contribution in [0.4, 0.5) is 4.79 Å². The van der Waals surface area contributed by atoms with Crippen LogP contribution < -0.4 is 4.74 Å². The van der Waals surface area contributed by atoms with Crippen molar-refractivity contribution in [1.29, 1.82) is 0 Å². The predicted molar refractivity (Wildman–Crippen MR) is 64.6 cm³/mol. The first-order valence-corrected chi connectivity index (χ1v) is 5.53.